The van der Waals surface area contributed by atoms with Crippen LogP contribution in [0.25, 0.3) is 0 Å². The van der Waals surface area contributed by atoms with Gasteiger partial charge < -0.3 is 0 Å². The molecule has 23 heavy (non-hydrogen) atoms. The molecule has 0 atom stereocenters. The van der Waals surface area contributed by atoms with Gasteiger partial charge in [-0.05, 0) is 0 Å². The Morgan fingerprint density at radius 3 is 2.00 bits per heavy atom. The first kappa shape index (κ1) is 21.0. The van der Waals surface area contributed by atoms with Crippen LogP contribution in [0.2, 0.25) is 3.43 Å². The van der Waals surface area contributed by atoms with Gasteiger partial charge in [0.1, 0.15) is 0 Å². The summed E-state index contributed by atoms with van der Waals surface area (Å²) in [4.78, 5) is 0. The van der Waals surface area contributed by atoms with Crippen LogP contribution in [0.1, 0.15) is 84.3 Å². The number of hydrogen-bond acceptors (Lipinski definition) is 2. The second-order valence-corrected chi connectivity index (χ2v) is 12.0. The van der Waals surface area contributed by atoms with Gasteiger partial charge in [-0.1, -0.05) is 0 Å². The third-order valence-electron chi connectivity index (χ3n) is 4.72. The van der Waals surface area contributed by atoms with Gasteiger partial charge in [-0.25, -0.2) is 0 Å². The summed E-state index contributed by atoms with van der Waals surface area (Å²) < 4.78 is 4.24. The van der Waals surface area contributed by atoms with Crippen molar-refractivity contribution in [3.05, 3.63) is 11.8 Å². The first-order valence-corrected chi connectivity index (χ1v) is 12.4. The van der Waals surface area contributed by atoms with Crippen molar-refractivity contribution in [1.82, 2.24) is 9.78 Å². The summed E-state index contributed by atoms with van der Waals surface area (Å²) in [5.74, 6) is 0. The summed E-state index contributed by atoms with van der Waals surface area (Å²) in [6.07, 6.45) is 13.0. The molecule has 0 aliphatic rings. The van der Waals surface area contributed by atoms with E-state index in [2.05, 4.69) is 43.7 Å². The standard InChI is InChI=1S/C13H27.C6H9N2O.Sn/c1-4-7-10-13(11-8-5-2)12-9-6-3;1-8-4-2-6(7-8)3-5-9;/h4-12H2,1-3H3;2,9H,3,5H2,1H3;. The van der Waals surface area contributed by atoms with Gasteiger partial charge in [0, 0.05) is 0 Å². The Morgan fingerprint density at radius 1 is 1.04 bits per heavy atom. The Bertz CT molecular complexity index is 409. The van der Waals surface area contributed by atoms with E-state index in [9.17, 15) is 0 Å². The van der Waals surface area contributed by atoms with E-state index in [0.717, 1.165) is 5.69 Å². The van der Waals surface area contributed by atoms with E-state index in [0.29, 0.717) is 9.85 Å². The van der Waals surface area contributed by atoms with Gasteiger partial charge in [-0.3, -0.25) is 0 Å². The molecule has 0 aromatic carbocycles. The van der Waals surface area contributed by atoms with Crippen molar-refractivity contribution in [3.8, 4) is 0 Å². The normalized spacial score (nSPS) is 12.0. The predicted octanol–water partition coefficient (Wildman–Crippen LogP) is 4.01. The van der Waals surface area contributed by atoms with Gasteiger partial charge in [0.15, 0.2) is 0 Å². The molecule has 0 bridgehead atoms. The van der Waals surface area contributed by atoms with Crippen molar-refractivity contribution in [3.63, 3.8) is 0 Å². The van der Waals surface area contributed by atoms with Crippen LogP contribution >= 0.6 is 0 Å². The van der Waals surface area contributed by atoms with Gasteiger partial charge in [0.25, 0.3) is 0 Å². The van der Waals surface area contributed by atoms with Crippen LogP contribution in [0, 0.1) is 0 Å². The van der Waals surface area contributed by atoms with E-state index >= 15 is 0 Å². The van der Waals surface area contributed by atoms with Crippen molar-refractivity contribution in [2.45, 2.75) is 88.4 Å². The maximum atomic E-state index is 9.17. The number of unbranched alkanes of at least 4 members (excludes halogenated alkanes) is 3. The van der Waals surface area contributed by atoms with E-state index < -0.39 is 21.1 Å². The summed E-state index contributed by atoms with van der Waals surface area (Å²) in [7, 11) is 2.10. The van der Waals surface area contributed by atoms with Crippen LogP contribution in [-0.4, -0.2) is 42.6 Å². The SMILES string of the molecule is CCCC[C](CCCC)(CCCC)[Sn][c]1cc(CCO)nn1C. The fourth-order valence-corrected chi connectivity index (χ4v) is 8.68. The van der Waals surface area contributed by atoms with Gasteiger partial charge in [-0.15, -0.1) is 0 Å². The average molecular weight is 427 g/mol. The van der Waals surface area contributed by atoms with Crippen molar-refractivity contribution >= 4 is 24.9 Å². The number of aryl methyl sites for hydroxylation is 1. The van der Waals surface area contributed by atoms with Crippen LogP contribution < -0.4 is 3.71 Å². The van der Waals surface area contributed by atoms with E-state index in [1.165, 1.54) is 61.5 Å². The Kier molecular flexibility index (Phi) is 10.5. The van der Waals surface area contributed by atoms with Gasteiger partial charge in [-0.2, -0.15) is 0 Å². The molecular weight excluding hydrogens is 391 g/mol. The molecule has 0 unspecified atom stereocenters. The van der Waals surface area contributed by atoms with Crippen molar-refractivity contribution in [2.75, 3.05) is 6.61 Å². The first-order valence-electron chi connectivity index (χ1n) is 9.52. The zero-order valence-electron chi connectivity index (χ0n) is 15.7. The third-order valence-corrected chi connectivity index (χ3v) is 10.4. The van der Waals surface area contributed by atoms with Crippen LogP contribution in [0.4, 0.5) is 0 Å². The molecule has 4 heteroatoms. The van der Waals surface area contributed by atoms with E-state index in [4.69, 9.17) is 5.11 Å². The predicted molar refractivity (Wildman–Crippen MR) is 101 cm³/mol. The Labute approximate surface area is 153 Å². The minimum atomic E-state index is -0.710. The number of hydrogen-bond donors (Lipinski definition) is 1. The quantitative estimate of drug-likeness (QED) is 0.484. The second kappa shape index (κ2) is 11.5. The molecule has 1 rings (SSSR count). The summed E-state index contributed by atoms with van der Waals surface area (Å²) >= 11 is -0.710. The van der Waals surface area contributed by atoms with Crippen molar-refractivity contribution < 1.29 is 5.11 Å². The average Bonchev–Trinajstić information content (AvgIpc) is 2.88. The Morgan fingerprint density at radius 2 is 1.57 bits per heavy atom. The summed E-state index contributed by atoms with van der Waals surface area (Å²) in [5, 5.41) is 13.8. The number of aliphatic hydroxyl groups is 1. The molecule has 2 radical (unpaired) electrons. The molecule has 0 spiro atoms. The van der Waals surface area contributed by atoms with Crippen LogP contribution in [0.15, 0.2) is 6.07 Å². The van der Waals surface area contributed by atoms with Gasteiger partial charge >= 0.3 is 154 Å². The molecule has 0 saturated heterocycles. The molecule has 1 heterocycles. The number of aliphatic hydroxyl groups excluding tert-OH is 1. The van der Waals surface area contributed by atoms with Crippen LogP contribution in [0.3, 0.4) is 0 Å². The molecular formula is C19H36N2OSn. The summed E-state index contributed by atoms with van der Waals surface area (Å²) in [5.41, 5.74) is 1.07. The van der Waals surface area contributed by atoms with Crippen molar-refractivity contribution in [2.24, 2.45) is 7.05 Å². The molecule has 1 N–H and O–H groups in total. The minimum absolute atomic E-state index is 0.203. The Balaban J connectivity index is 2.95. The molecule has 0 aliphatic carbocycles. The van der Waals surface area contributed by atoms with Crippen LogP contribution in [0.5, 0.6) is 0 Å². The van der Waals surface area contributed by atoms with E-state index in [1.807, 2.05) is 0 Å². The van der Waals surface area contributed by atoms with E-state index in [-0.39, 0.29) is 6.61 Å². The zero-order valence-corrected chi connectivity index (χ0v) is 18.6. The zero-order chi connectivity index (χ0) is 17.1. The number of rotatable bonds is 13. The monoisotopic (exact) mass is 428 g/mol. The Hall–Kier alpha value is -0.0313. The third kappa shape index (κ3) is 7.16. The van der Waals surface area contributed by atoms with Gasteiger partial charge in [0.2, 0.25) is 0 Å². The molecule has 132 valence electrons. The fourth-order valence-electron chi connectivity index (χ4n) is 3.26. The van der Waals surface area contributed by atoms with E-state index in [1.54, 1.807) is 0 Å². The number of aromatic nitrogens is 2. The molecule has 0 amide bonds. The molecule has 0 aliphatic heterocycles. The topological polar surface area (TPSA) is 38.1 Å². The summed E-state index contributed by atoms with van der Waals surface area (Å²) in [6, 6.07) is 2.29. The second-order valence-electron chi connectivity index (χ2n) is 6.83. The molecule has 1 aromatic rings. The maximum absolute atomic E-state index is 9.17. The molecule has 0 saturated carbocycles. The molecule has 1 aromatic heterocycles. The summed E-state index contributed by atoms with van der Waals surface area (Å²) in [6.45, 7) is 7.16. The first-order chi connectivity index (χ1) is 11.1. The molecule has 3 nitrogen and oxygen atoms in total. The number of nitrogens with zero attached hydrogens (tertiary/aromatic N) is 2. The van der Waals surface area contributed by atoms with Gasteiger partial charge in [0.05, 0.1) is 0 Å². The fraction of sp³-hybridized carbons (Fsp3) is 0.842. The molecule has 0 fully saturated rings. The van der Waals surface area contributed by atoms with Crippen LogP contribution in [-0.2, 0) is 13.5 Å². The van der Waals surface area contributed by atoms with Crippen molar-refractivity contribution in [1.29, 1.82) is 0 Å².